The summed E-state index contributed by atoms with van der Waals surface area (Å²) in [6.07, 6.45) is 30.6. The first-order valence-electron chi connectivity index (χ1n) is 22.8. The molecule has 11 aliphatic rings. The summed E-state index contributed by atoms with van der Waals surface area (Å²) in [5.74, 6) is 1.79. The largest absolute Gasteiger partial charge is 1.00 e. The van der Waals surface area contributed by atoms with Gasteiger partial charge in [-0.3, -0.25) is 0 Å². The Morgan fingerprint density at radius 2 is 1.64 bits per heavy atom. The van der Waals surface area contributed by atoms with Crippen molar-refractivity contribution in [1.82, 2.24) is 0 Å². The number of hydrogen-bond donors (Lipinski definition) is 1. The van der Waals surface area contributed by atoms with Crippen LogP contribution in [0, 0.1) is 23.7 Å². The maximum absolute atomic E-state index is 10.7. The van der Waals surface area contributed by atoms with Crippen LogP contribution in [0.2, 0.25) is 0 Å². The Labute approximate surface area is 366 Å². The summed E-state index contributed by atoms with van der Waals surface area (Å²) < 4.78 is 10.1. The molecule has 4 saturated heterocycles. The fourth-order valence-corrected chi connectivity index (χ4v) is 16.7. The van der Waals surface area contributed by atoms with Gasteiger partial charge in [-0.2, -0.15) is 0 Å². The molecule has 1 spiro atoms. The van der Waals surface area contributed by atoms with Gasteiger partial charge in [-0.05, 0) is 78.3 Å². The van der Waals surface area contributed by atoms with Crippen molar-refractivity contribution < 1.29 is 52.8 Å². The summed E-state index contributed by atoms with van der Waals surface area (Å²) in [6, 6.07) is 24.4. The number of benzene rings is 2. The van der Waals surface area contributed by atoms with Crippen LogP contribution in [0.1, 0.15) is 69.8 Å². The molecule has 7 heterocycles. The van der Waals surface area contributed by atoms with E-state index in [2.05, 4.69) is 107 Å². The topological polar surface area (TPSA) is 35.9 Å². The average Bonchev–Trinajstić information content (AvgIpc) is 3.86. The number of rotatable bonds is 4. The summed E-state index contributed by atoms with van der Waals surface area (Å²) in [6.45, 7) is 5.66. The van der Waals surface area contributed by atoms with Crippen LogP contribution in [0.15, 0.2) is 114 Å². The SMILES string of the molecule is OCC=C1C[N+]2(C3C=CCCC3)CCC3C4C(=CN5c6ccccc6C67CC[N+]8(C9C=CCCC9)CC9=CCOC(C(C9CC68)C57)N4c4ccccc4)C1CC32.[Br-].[Br-]. The highest BCUT2D eigenvalue weighted by Gasteiger charge is 2.76. The molecule has 58 heavy (non-hydrogen) atoms. The highest BCUT2D eigenvalue weighted by atomic mass is 79.9. The minimum Gasteiger partial charge on any atom is -1.00 e. The molecule has 6 fully saturated rings. The molecule has 1 N–H and O–H groups in total. The van der Waals surface area contributed by atoms with Gasteiger partial charge in [0.05, 0.1) is 49.8 Å². The van der Waals surface area contributed by atoms with Crippen molar-refractivity contribution in [3.05, 3.63) is 120 Å². The Bertz CT molecular complexity index is 2120. The van der Waals surface area contributed by atoms with Crippen LogP contribution in [0.4, 0.5) is 11.4 Å². The van der Waals surface area contributed by atoms with E-state index in [0.29, 0.717) is 60.5 Å². The van der Waals surface area contributed by atoms with Crippen LogP contribution in [-0.2, 0) is 10.2 Å². The zero-order chi connectivity index (χ0) is 36.8. The number of nitrogens with zero attached hydrogens (tertiary/aromatic N) is 4. The molecule has 2 aromatic rings. The van der Waals surface area contributed by atoms with Gasteiger partial charge in [0.2, 0.25) is 0 Å². The monoisotopic (exact) mass is 906 g/mol. The lowest BCUT2D eigenvalue weighted by Gasteiger charge is -2.63. The second kappa shape index (κ2) is 14.0. The number of ether oxygens (including phenoxy) is 1. The molecule has 0 amide bonds. The molecule has 2 saturated carbocycles. The van der Waals surface area contributed by atoms with Crippen molar-refractivity contribution in [2.45, 2.75) is 112 Å². The molecule has 6 nitrogen and oxygen atoms in total. The molecule has 7 aliphatic heterocycles. The van der Waals surface area contributed by atoms with E-state index >= 15 is 0 Å². The van der Waals surface area contributed by atoms with Gasteiger partial charge < -0.3 is 62.6 Å². The van der Waals surface area contributed by atoms with Crippen molar-refractivity contribution in [2.75, 3.05) is 49.2 Å². The van der Waals surface area contributed by atoms with Gasteiger partial charge in [0, 0.05) is 79.8 Å². The van der Waals surface area contributed by atoms with Crippen LogP contribution in [-0.4, -0.2) is 95.9 Å². The molecule has 0 radical (unpaired) electrons. The lowest BCUT2D eigenvalue weighted by molar-refractivity contribution is -0.960. The number of para-hydroxylation sites is 2. The molecule has 306 valence electrons. The fraction of sp³-hybridized carbons (Fsp3) is 0.560. The second-order valence-corrected chi connectivity index (χ2v) is 20.0. The van der Waals surface area contributed by atoms with Crippen molar-refractivity contribution in [3.63, 3.8) is 0 Å². The van der Waals surface area contributed by atoms with Gasteiger partial charge in [-0.25, -0.2) is 0 Å². The number of piperidine rings is 2. The van der Waals surface area contributed by atoms with Crippen molar-refractivity contribution >= 4 is 11.4 Å². The third-order valence-electron chi connectivity index (χ3n) is 18.5. The number of hydrogen-bond acceptors (Lipinski definition) is 4. The first kappa shape index (κ1) is 38.5. The van der Waals surface area contributed by atoms with E-state index in [4.69, 9.17) is 4.74 Å². The summed E-state index contributed by atoms with van der Waals surface area (Å²) in [5.41, 5.74) is 9.36. The Balaban J connectivity index is 0.00000193. The number of aliphatic hydroxyl groups is 1. The van der Waals surface area contributed by atoms with Crippen LogP contribution >= 0.6 is 0 Å². The standard InChI is InChI=1S/C50H60N4O2.2BrH/c55-26-21-33-31-53(36-14-6-2-7-15-36)24-20-38-44(53)28-39(33)41-30-51-43-19-11-10-18-42(43)50-23-25-54(37-16-8-3-9-17-37)32-34-22-27-56-49(46(48(50)51)40(34)29-45(50)54)52(47(38)41)35-12-4-1-5-13-35;;/h1,4-6,8,10-14,16,18-19,21-22,30,36-40,44-49,55H,2-3,7,9,15,17,20,23-29,31-32H2;2*1H/q+2;;/p-2. The van der Waals surface area contributed by atoms with Gasteiger partial charge in [-0.1, -0.05) is 60.7 Å². The molecule has 14 atom stereocenters. The maximum atomic E-state index is 10.7. The number of fused-ring (bicyclic) bond motifs is 6. The Morgan fingerprint density at radius 3 is 2.41 bits per heavy atom. The van der Waals surface area contributed by atoms with Crippen LogP contribution in [0.3, 0.4) is 0 Å². The number of quaternary nitrogens is 2. The van der Waals surface area contributed by atoms with E-state index in [9.17, 15) is 5.11 Å². The molecule has 4 aliphatic carbocycles. The zero-order valence-electron chi connectivity index (χ0n) is 33.8. The van der Waals surface area contributed by atoms with E-state index in [1.54, 1.807) is 16.7 Å². The van der Waals surface area contributed by atoms with E-state index in [1.165, 1.54) is 110 Å². The zero-order valence-corrected chi connectivity index (χ0v) is 37.0. The quantitative estimate of drug-likeness (QED) is 0.376. The Kier molecular flexibility index (Phi) is 9.31. The lowest BCUT2D eigenvalue weighted by atomic mass is 9.54. The molecule has 8 heteroatoms. The Morgan fingerprint density at radius 1 is 0.862 bits per heavy atom. The normalized spacial score (nSPS) is 45.1. The fourth-order valence-electron chi connectivity index (χ4n) is 16.7. The molecule has 2 aromatic carbocycles. The predicted octanol–water partition coefficient (Wildman–Crippen LogP) is 1.79. The molecule has 14 unspecified atom stereocenters. The third kappa shape index (κ3) is 4.85. The second-order valence-electron chi connectivity index (χ2n) is 20.0. The number of aliphatic hydroxyl groups excluding tert-OH is 1. The van der Waals surface area contributed by atoms with Gasteiger partial charge in [0.1, 0.15) is 37.4 Å². The molecule has 13 rings (SSSR count). The van der Waals surface area contributed by atoms with Crippen molar-refractivity contribution in [2.24, 2.45) is 23.7 Å². The van der Waals surface area contributed by atoms with E-state index < -0.39 is 0 Å². The highest BCUT2D eigenvalue weighted by Crippen LogP contribution is 2.69. The summed E-state index contributed by atoms with van der Waals surface area (Å²) >= 11 is 0. The molecular weight excluding hydrogens is 848 g/mol. The first-order valence-corrected chi connectivity index (χ1v) is 22.8. The predicted molar refractivity (Wildman–Crippen MR) is 222 cm³/mol. The summed E-state index contributed by atoms with van der Waals surface area (Å²) in [4.78, 5) is 5.83. The van der Waals surface area contributed by atoms with Gasteiger partial charge in [0.25, 0.3) is 0 Å². The number of halogens is 2. The third-order valence-corrected chi connectivity index (χ3v) is 18.5. The van der Waals surface area contributed by atoms with Gasteiger partial charge >= 0.3 is 0 Å². The minimum absolute atomic E-state index is 0. The molecule has 4 bridgehead atoms. The van der Waals surface area contributed by atoms with E-state index in [-0.39, 0.29) is 58.3 Å². The van der Waals surface area contributed by atoms with Crippen LogP contribution in [0.25, 0.3) is 0 Å². The Hall–Kier alpha value is -2.46. The van der Waals surface area contributed by atoms with Crippen molar-refractivity contribution in [1.29, 1.82) is 0 Å². The summed E-state index contributed by atoms with van der Waals surface area (Å²) in [7, 11) is 0. The van der Waals surface area contributed by atoms with E-state index in [1.807, 2.05) is 0 Å². The lowest BCUT2D eigenvalue weighted by Crippen LogP contribution is -3.00. The summed E-state index contributed by atoms with van der Waals surface area (Å²) in [5, 5.41) is 10.7. The average molecular weight is 909 g/mol. The van der Waals surface area contributed by atoms with Gasteiger partial charge in [0.15, 0.2) is 0 Å². The van der Waals surface area contributed by atoms with Crippen LogP contribution in [0.5, 0.6) is 0 Å². The highest BCUT2D eigenvalue weighted by molar-refractivity contribution is 5.70. The smallest absolute Gasteiger partial charge is 0.136 e. The first-order chi connectivity index (χ1) is 27.7. The number of anilines is 2. The van der Waals surface area contributed by atoms with Crippen molar-refractivity contribution in [3.8, 4) is 0 Å². The van der Waals surface area contributed by atoms with E-state index in [0.717, 1.165) is 6.54 Å². The van der Waals surface area contributed by atoms with Crippen LogP contribution < -0.4 is 43.8 Å². The minimum atomic E-state index is -0.0131. The van der Waals surface area contributed by atoms with Gasteiger partial charge in [-0.15, -0.1) is 0 Å². The number of allylic oxidation sites excluding steroid dienone is 2. The molecular formula is C50H60Br2N4O2. The maximum Gasteiger partial charge on any atom is 0.136 e. The molecule has 0 aromatic heterocycles.